The van der Waals surface area contributed by atoms with Crippen molar-refractivity contribution in [3.63, 3.8) is 0 Å². The Bertz CT molecular complexity index is 221. The van der Waals surface area contributed by atoms with Crippen molar-refractivity contribution in [2.75, 3.05) is 7.05 Å². The summed E-state index contributed by atoms with van der Waals surface area (Å²) in [4.78, 5) is 0. The molecule has 4 heteroatoms. The lowest BCUT2D eigenvalue weighted by Crippen LogP contribution is -2.55. The Hall–Kier alpha value is -0.160. The molecule has 16 heavy (non-hydrogen) atoms. The summed E-state index contributed by atoms with van der Waals surface area (Å²) in [5.74, 6) is 0. The van der Waals surface area contributed by atoms with Crippen LogP contribution in [0.3, 0.4) is 0 Å². The molecule has 0 radical (unpaired) electrons. The molecule has 0 saturated heterocycles. The average molecular weight is 230 g/mol. The van der Waals surface area contributed by atoms with Crippen molar-refractivity contribution in [2.24, 2.45) is 5.73 Å². The number of hydrogen-bond acceptors (Lipinski definition) is 4. The van der Waals surface area contributed by atoms with Crippen LogP contribution in [0, 0.1) is 0 Å². The second kappa shape index (κ2) is 5.45. The Morgan fingerprint density at radius 3 is 2.19 bits per heavy atom. The maximum atomic E-state index is 10.5. The summed E-state index contributed by atoms with van der Waals surface area (Å²) in [6.07, 6.45) is 5.24. The Morgan fingerprint density at radius 2 is 1.56 bits per heavy atom. The molecule has 0 aromatic heterocycles. The highest BCUT2D eigenvalue weighted by Crippen LogP contribution is 2.30. The number of nitrogens with one attached hydrogen (secondary N) is 1. The van der Waals surface area contributed by atoms with Crippen LogP contribution in [0.15, 0.2) is 0 Å². The second-order valence-electron chi connectivity index (χ2n) is 5.43. The van der Waals surface area contributed by atoms with Gasteiger partial charge in [0.2, 0.25) is 0 Å². The molecule has 1 aliphatic carbocycles. The summed E-state index contributed by atoms with van der Waals surface area (Å²) >= 11 is 0. The minimum absolute atomic E-state index is 0.379. The predicted octanol–water partition coefficient (Wildman–Crippen LogP) is 0.717. The first-order chi connectivity index (χ1) is 7.40. The maximum absolute atomic E-state index is 10.5. The van der Waals surface area contributed by atoms with E-state index in [1.54, 1.807) is 7.05 Å². The van der Waals surface area contributed by atoms with Crippen molar-refractivity contribution in [3.05, 3.63) is 0 Å². The van der Waals surface area contributed by atoms with E-state index in [-0.39, 0.29) is 6.17 Å². The second-order valence-corrected chi connectivity index (χ2v) is 5.43. The van der Waals surface area contributed by atoms with E-state index in [0.29, 0.717) is 12.8 Å². The van der Waals surface area contributed by atoms with Gasteiger partial charge < -0.3 is 21.3 Å². The third-order valence-corrected chi connectivity index (χ3v) is 3.79. The molecule has 1 saturated carbocycles. The Kier molecular flexibility index (Phi) is 4.73. The van der Waals surface area contributed by atoms with E-state index in [9.17, 15) is 10.2 Å². The Balaban J connectivity index is 2.62. The van der Waals surface area contributed by atoms with Crippen LogP contribution >= 0.6 is 0 Å². The zero-order chi connectivity index (χ0) is 12.2. The summed E-state index contributed by atoms with van der Waals surface area (Å²) in [7, 11) is 1.77. The molecule has 96 valence electrons. The van der Waals surface area contributed by atoms with Crippen molar-refractivity contribution in [2.45, 2.75) is 69.2 Å². The molecule has 0 bridgehead atoms. The molecule has 1 fully saturated rings. The highest BCUT2D eigenvalue weighted by molar-refractivity contribution is 4.89. The first-order valence-electron chi connectivity index (χ1n) is 6.27. The molecule has 1 rings (SSSR count). The smallest absolute Gasteiger partial charge is 0.0928 e. The minimum atomic E-state index is -0.824. The highest BCUT2D eigenvalue weighted by Gasteiger charge is 2.34. The van der Waals surface area contributed by atoms with E-state index in [2.05, 4.69) is 5.32 Å². The molecule has 4 nitrogen and oxygen atoms in total. The monoisotopic (exact) mass is 230 g/mol. The molecular weight excluding hydrogens is 204 g/mol. The van der Waals surface area contributed by atoms with E-state index >= 15 is 0 Å². The fourth-order valence-electron chi connectivity index (χ4n) is 2.54. The van der Waals surface area contributed by atoms with Gasteiger partial charge in [-0.2, -0.15) is 0 Å². The van der Waals surface area contributed by atoms with Crippen LogP contribution in [0.25, 0.3) is 0 Å². The van der Waals surface area contributed by atoms with Crippen LogP contribution in [-0.4, -0.2) is 34.6 Å². The van der Waals surface area contributed by atoms with Gasteiger partial charge in [-0.05, 0) is 46.1 Å². The van der Waals surface area contributed by atoms with Gasteiger partial charge >= 0.3 is 0 Å². The summed E-state index contributed by atoms with van der Waals surface area (Å²) < 4.78 is 0. The number of hydrogen-bond donors (Lipinski definition) is 4. The topological polar surface area (TPSA) is 78.5 Å². The lowest BCUT2D eigenvalue weighted by molar-refractivity contribution is -0.0158. The van der Waals surface area contributed by atoms with Crippen LogP contribution < -0.4 is 11.1 Å². The van der Waals surface area contributed by atoms with Crippen molar-refractivity contribution < 1.29 is 10.2 Å². The molecule has 0 aromatic carbocycles. The molecule has 0 spiro atoms. The molecule has 0 amide bonds. The van der Waals surface area contributed by atoms with Gasteiger partial charge in [0.15, 0.2) is 0 Å². The lowest BCUT2D eigenvalue weighted by atomic mass is 9.88. The van der Waals surface area contributed by atoms with Crippen molar-refractivity contribution in [1.29, 1.82) is 0 Å². The van der Waals surface area contributed by atoms with Gasteiger partial charge in [0.05, 0.1) is 17.4 Å². The van der Waals surface area contributed by atoms with E-state index in [1.165, 1.54) is 0 Å². The molecule has 3 unspecified atom stereocenters. The summed E-state index contributed by atoms with van der Waals surface area (Å²) in [6, 6.07) is 0. The fourth-order valence-corrected chi connectivity index (χ4v) is 2.54. The number of likely N-dealkylation sites (N-methyl/N-ethyl adjacent to an activating group) is 1. The van der Waals surface area contributed by atoms with Crippen molar-refractivity contribution in [1.82, 2.24) is 5.32 Å². The Morgan fingerprint density at radius 1 is 1.06 bits per heavy atom. The summed E-state index contributed by atoms with van der Waals surface area (Å²) in [5, 5.41) is 23.4. The molecule has 0 heterocycles. The summed E-state index contributed by atoms with van der Waals surface area (Å²) in [6.45, 7) is 1.88. The van der Waals surface area contributed by atoms with E-state index < -0.39 is 11.2 Å². The van der Waals surface area contributed by atoms with E-state index in [4.69, 9.17) is 5.73 Å². The van der Waals surface area contributed by atoms with Gasteiger partial charge in [-0.1, -0.05) is 12.8 Å². The largest absolute Gasteiger partial charge is 0.390 e. The van der Waals surface area contributed by atoms with Crippen LogP contribution in [-0.2, 0) is 0 Å². The van der Waals surface area contributed by atoms with Crippen LogP contribution in [0.4, 0.5) is 0 Å². The van der Waals surface area contributed by atoms with Gasteiger partial charge in [-0.3, -0.25) is 0 Å². The SMILES string of the molecule is CNC(N)C1(O)CCCCC(C)(O)CCC1. The molecular formula is C12H26N2O2. The van der Waals surface area contributed by atoms with Crippen LogP contribution in [0.2, 0.25) is 0 Å². The van der Waals surface area contributed by atoms with Gasteiger partial charge in [0, 0.05) is 0 Å². The van der Waals surface area contributed by atoms with Gasteiger partial charge in [0.1, 0.15) is 0 Å². The van der Waals surface area contributed by atoms with Crippen molar-refractivity contribution in [3.8, 4) is 0 Å². The highest BCUT2D eigenvalue weighted by atomic mass is 16.3. The van der Waals surface area contributed by atoms with Gasteiger partial charge in [-0.15, -0.1) is 0 Å². The molecule has 3 atom stereocenters. The van der Waals surface area contributed by atoms with Crippen LogP contribution in [0.1, 0.15) is 51.9 Å². The predicted molar refractivity (Wildman–Crippen MR) is 64.9 cm³/mol. The minimum Gasteiger partial charge on any atom is -0.390 e. The molecule has 5 N–H and O–H groups in total. The zero-order valence-electron chi connectivity index (χ0n) is 10.5. The van der Waals surface area contributed by atoms with Crippen LogP contribution in [0.5, 0.6) is 0 Å². The standard InChI is InChI=1S/C12H26N2O2/c1-11(15)6-3-4-8-12(16,9-5-7-11)10(13)14-2/h10,14-16H,3-9,13H2,1-2H3. The maximum Gasteiger partial charge on any atom is 0.0928 e. The third kappa shape index (κ3) is 3.70. The third-order valence-electron chi connectivity index (χ3n) is 3.79. The molecule has 0 aliphatic heterocycles. The van der Waals surface area contributed by atoms with E-state index in [1.807, 2.05) is 6.92 Å². The number of nitrogens with two attached hydrogens (primary N) is 1. The molecule has 0 aromatic rings. The molecule has 1 aliphatic rings. The number of rotatable bonds is 2. The zero-order valence-corrected chi connectivity index (χ0v) is 10.5. The van der Waals surface area contributed by atoms with Crippen molar-refractivity contribution >= 4 is 0 Å². The fraction of sp³-hybridized carbons (Fsp3) is 1.00. The normalized spacial score (nSPS) is 39.6. The summed E-state index contributed by atoms with van der Waals surface area (Å²) in [5.41, 5.74) is 4.50. The first kappa shape index (κ1) is 13.9. The quantitative estimate of drug-likeness (QED) is 0.527. The van der Waals surface area contributed by atoms with E-state index in [0.717, 1.165) is 32.1 Å². The lowest BCUT2D eigenvalue weighted by Gasteiger charge is -2.33. The number of aliphatic hydroxyl groups is 2. The first-order valence-corrected chi connectivity index (χ1v) is 6.27. The Labute approximate surface area is 98.2 Å². The van der Waals surface area contributed by atoms with Gasteiger partial charge in [-0.25, -0.2) is 0 Å². The van der Waals surface area contributed by atoms with Gasteiger partial charge in [0.25, 0.3) is 0 Å². The average Bonchev–Trinajstić information content (AvgIpc) is 2.28.